The van der Waals surface area contributed by atoms with Gasteiger partial charge < -0.3 is 14.2 Å². The van der Waals surface area contributed by atoms with E-state index in [0.29, 0.717) is 19.1 Å². The smallest absolute Gasteiger partial charge is 0.309 e. The molecule has 1 aliphatic rings. The van der Waals surface area contributed by atoms with Crippen molar-refractivity contribution in [3.8, 4) is 0 Å². The van der Waals surface area contributed by atoms with Crippen LogP contribution in [-0.2, 0) is 23.8 Å². The minimum atomic E-state index is -0.334. The zero-order valence-corrected chi connectivity index (χ0v) is 19.8. The van der Waals surface area contributed by atoms with Crippen LogP contribution in [0.15, 0.2) is 0 Å². The summed E-state index contributed by atoms with van der Waals surface area (Å²) in [6.07, 6.45) is 15.0. The Hall–Kier alpha value is -1.10. The van der Waals surface area contributed by atoms with Crippen LogP contribution >= 0.6 is 0 Å². The van der Waals surface area contributed by atoms with Gasteiger partial charge in [0.2, 0.25) is 0 Å². The summed E-state index contributed by atoms with van der Waals surface area (Å²) >= 11 is 0. The fourth-order valence-corrected chi connectivity index (χ4v) is 4.14. The third-order valence-corrected chi connectivity index (χ3v) is 6.28. The normalized spacial score (nSPS) is 20.0. The van der Waals surface area contributed by atoms with Crippen LogP contribution < -0.4 is 0 Å². The maximum atomic E-state index is 12.6. The van der Waals surface area contributed by atoms with Crippen LogP contribution in [0.2, 0.25) is 0 Å². The molecule has 3 atom stereocenters. The molecule has 1 rings (SSSR count). The Morgan fingerprint density at radius 1 is 0.767 bits per heavy atom. The monoisotopic (exact) mass is 426 g/mol. The van der Waals surface area contributed by atoms with Crippen molar-refractivity contribution < 1.29 is 23.8 Å². The Labute approximate surface area is 184 Å². The first-order valence-corrected chi connectivity index (χ1v) is 12.4. The van der Waals surface area contributed by atoms with Gasteiger partial charge in [0.25, 0.3) is 0 Å². The van der Waals surface area contributed by atoms with E-state index in [-0.39, 0.29) is 23.8 Å². The molecule has 0 heterocycles. The zero-order chi connectivity index (χ0) is 22.0. The van der Waals surface area contributed by atoms with Gasteiger partial charge in [-0.05, 0) is 38.0 Å². The van der Waals surface area contributed by atoms with Gasteiger partial charge in [-0.15, -0.1) is 0 Å². The number of rotatable bonds is 17. The summed E-state index contributed by atoms with van der Waals surface area (Å²) < 4.78 is 16.1. The van der Waals surface area contributed by atoms with E-state index >= 15 is 0 Å². The van der Waals surface area contributed by atoms with Gasteiger partial charge in [0.1, 0.15) is 0 Å². The summed E-state index contributed by atoms with van der Waals surface area (Å²) in [5.74, 6) is -0.627. The molecule has 5 heteroatoms. The highest BCUT2D eigenvalue weighted by molar-refractivity contribution is 5.82. The lowest BCUT2D eigenvalue weighted by atomic mass is 9.79. The Bertz CT molecular complexity index is 451. The lowest BCUT2D eigenvalue weighted by molar-refractivity contribution is -0.163. The van der Waals surface area contributed by atoms with E-state index in [1.165, 1.54) is 38.5 Å². The van der Waals surface area contributed by atoms with Gasteiger partial charge in [0.15, 0.2) is 0 Å². The van der Waals surface area contributed by atoms with E-state index in [9.17, 15) is 9.59 Å². The quantitative estimate of drug-likeness (QED) is 0.208. The van der Waals surface area contributed by atoms with E-state index in [0.717, 1.165) is 58.0 Å². The van der Waals surface area contributed by atoms with Gasteiger partial charge in [-0.1, -0.05) is 71.6 Å². The Balaban J connectivity index is 2.24. The molecule has 1 fully saturated rings. The molecule has 5 nitrogen and oxygen atoms in total. The molecule has 0 radical (unpaired) electrons. The van der Waals surface area contributed by atoms with Gasteiger partial charge in [0.05, 0.1) is 25.0 Å². The first kappa shape index (κ1) is 26.9. The van der Waals surface area contributed by atoms with Crippen molar-refractivity contribution in [1.29, 1.82) is 0 Å². The van der Waals surface area contributed by atoms with E-state index < -0.39 is 0 Å². The molecule has 0 bridgehead atoms. The van der Waals surface area contributed by atoms with Crippen molar-refractivity contribution in [2.45, 2.75) is 104 Å². The van der Waals surface area contributed by atoms with Crippen molar-refractivity contribution in [2.24, 2.45) is 17.8 Å². The molecular weight excluding hydrogens is 380 g/mol. The van der Waals surface area contributed by atoms with E-state index in [1.54, 1.807) is 7.11 Å². The second kappa shape index (κ2) is 17.6. The molecule has 1 aliphatic carbocycles. The third-order valence-electron chi connectivity index (χ3n) is 6.28. The molecule has 0 spiro atoms. The minimum absolute atomic E-state index is 0.201. The second-order valence-corrected chi connectivity index (χ2v) is 8.98. The Morgan fingerprint density at radius 2 is 1.27 bits per heavy atom. The number of carbonyl (C=O) groups is 2. The highest BCUT2D eigenvalue weighted by atomic mass is 16.5. The molecule has 0 amide bonds. The first-order chi connectivity index (χ1) is 14.6. The molecule has 0 N–H and O–H groups in total. The number of methoxy groups -OCH3 is 1. The molecule has 176 valence electrons. The van der Waals surface area contributed by atoms with Crippen molar-refractivity contribution in [1.82, 2.24) is 0 Å². The van der Waals surface area contributed by atoms with Crippen LogP contribution in [0.5, 0.6) is 0 Å². The molecule has 0 aliphatic heterocycles. The number of esters is 2. The number of unbranched alkanes of at least 4 members (excludes halogenated alkanes) is 7. The van der Waals surface area contributed by atoms with Crippen LogP contribution in [0.3, 0.4) is 0 Å². The van der Waals surface area contributed by atoms with E-state index in [4.69, 9.17) is 14.2 Å². The lowest BCUT2D eigenvalue weighted by Crippen LogP contribution is -2.35. The van der Waals surface area contributed by atoms with Crippen LogP contribution in [-0.4, -0.2) is 38.9 Å². The van der Waals surface area contributed by atoms with Gasteiger partial charge in [-0.2, -0.15) is 0 Å². The molecule has 30 heavy (non-hydrogen) atoms. The van der Waals surface area contributed by atoms with Gasteiger partial charge in [-0.25, -0.2) is 0 Å². The summed E-state index contributed by atoms with van der Waals surface area (Å²) in [6.45, 7) is 5.99. The molecular formula is C25H46O5. The van der Waals surface area contributed by atoms with Gasteiger partial charge >= 0.3 is 11.9 Å². The topological polar surface area (TPSA) is 61.8 Å². The highest BCUT2D eigenvalue weighted by Crippen LogP contribution is 2.32. The predicted octanol–water partition coefficient (Wildman–Crippen LogP) is 6.08. The molecule has 0 aromatic heterocycles. The maximum absolute atomic E-state index is 12.6. The maximum Gasteiger partial charge on any atom is 0.309 e. The van der Waals surface area contributed by atoms with Crippen molar-refractivity contribution in [3.05, 3.63) is 0 Å². The third kappa shape index (κ3) is 11.9. The second-order valence-electron chi connectivity index (χ2n) is 8.98. The van der Waals surface area contributed by atoms with Crippen LogP contribution in [0.25, 0.3) is 0 Å². The van der Waals surface area contributed by atoms with Crippen molar-refractivity contribution in [3.63, 3.8) is 0 Å². The predicted molar refractivity (Wildman–Crippen MR) is 120 cm³/mol. The summed E-state index contributed by atoms with van der Waals surface area (Å²) in [6, 6.07) is 0. The van der Waals surface area contributed by atoms with E-state index in [2.05, 4.69) is 13.8 Å². The summed E-state index contributed by atoms with van der Waals surface area (Å²) in [5.41, 5.74) is 0. The molecule has 0 saturated heterocycles. The number of carbonyl (C=O) groups excluding carboxylic acids is 2. The van der Waals surface area contributed by atoms with Crippen LogP contribution in [0.1, 0.15) is 104 Å². The average molecular weight is 427 g/mol. The summed E-state index contributed by atoms with van der Waals surface area (Å²) in [5, 5.41) is 0. The average Bonchev–Trinajstić information content (AvgIpc) is 2.76. The van der Waals surface area contributed by atoms with Gasteiger partial charge in [0, 0.05) is 13.7 Å². The number of ether oxygens (including phenoxy) is 3. The highest BCUT2D eigenvalue weighted by Gasteiger charge is 2.37. The number of hydrogen-bond acceptors (Lipinski definition) is 5. The SMILES string of the molecule is CCCCCCCCCCOC(=O)C1CCCCC1C(=O)OCCC(C)CCOC. The molecule has 1 saturated carbocycles. The Kier molecular flexibility index (Phi) is 15.8. The van der Waals surface area contributed by atoms with Gasteiger partial charge in [-0.3, -0.25) is 9.59 Å². The van der Waals surface area contributed by atoms with Crippen LogP contribution in [0, 0.1) is 17.8 Å². The molecule has 0 aromatic rings. The minimum Gasteiger partial charge on any atom is -0.465 e. The molecule has 3 unspecified atom stereocenters. The Morgan fingerprint density at radius 3 is 1.83 bits per heavy atom. The first-order valence-electron chi connectivity index (χ1n) is 12.4. The summed E-state index contributed by atoms with van der Waals surface area (Å²) in [7, 11) is 1.70. The van der Waals surface area contributed by atoms with Crippen molar-refractivity contribution in [2.75, 3.05) is 26.9 Å². The lowest BCUT2D eigenvalue weighted by Gasteiger charge is -2.28. The van der Waals surface area contributed by atoms with Crippen LogP contribution in [0.4, 0.5) is 0 Å². The summed E-state index contributed by atoms with van der Waals surface area (Å²) in [4.78, 5) is 25.2. The zero-order valence-electron chi connectivity index (χ0n) is 19.8. The fraction of sp³-hybridized carbons (Fsp3) is 0.920. The van der Waals surface area contributed by atoms with E-state index in [1.807, 2.05) is 0 Å². The largest absolute Gasteiger partial charge is 0.465 e. The fourth-order valence-electron chi connectivity index (χ4n) is 4.14. The number of hydrogen-bond donors (Lipinski definition) is 0. The standard InChI is InChI=1S/C25H46O5/c1-4-5-6-7-8-9-10-13-18-29-24(26)22-14-11-12-15-23(22)25(27)30-20-17-21(2)16-19-28-3/h21-23H,4-20H2,1-3H3. The van der Waals surface area contributed by atoms with Crippen molar-refractivity contribution >= 4 is 11.9 Å². The molecule has 0 aromatic carbocycles.